The molecule has 3 heterocycles. The molecule has 1 aromatic carbocycles. The number of pyridine rings is 1. The molecule has 11 nitrogen and oxygen atoms in total. The molecule has 0 saturated carbocycles. The highest BCUT2D eigenvalue weighted by Crippen LogP contribution is 2.26. The number of Topliss-reactive ketones (excluding diaryl/α,β-unsaturated/α-hetero) is 1. The normalized spacial score (nSPS) is 18.4. The highest BCUT2D eigenvalue weighted by atomic mass is 32.1. The van der Waals surface area contributed by atoms with Gasteiger partial charge in [0.2, 0.25) is 11.7 Å². The Morgan fingerprint density at radius 2 is 1.93 bits per heavy atom. The van der Waals surface area contributed by atoms with E-state index >= 15 is 0 Å². The number of carbonyl (C=O) groups excluding carboxylic acids is 3. The fraction of sp³-hybridized carbons (Fsp3) is 0.516. The molecule has 0 radical (unpaired) electrons. The summed E-state index contributed by atoms with van der Waals surface area (Å²) < 4.78 is 7.44. The van der Waals surface area contributed by atoms with Crippen molar-refractivity contribution in [2.24, 2.45) is 11.8 Å². The monoisotopic (exact) mass is 611 g/mol. The van der Waals surface area contributed by atoms with Gasteiger partial charge in [-0.2, -0.15) is 0 Å². The second-order valence-electron chi connectivity index (χ2n) is 12.3. The number of carbonyl (C=O) groups is 3. The third kappa shape index (κ3) is 8.49. The van der Waals surface area contributed by atoms with Crippen molar-refractivity contribution in [2.45, 2.75) is 84.2 Å². The topological polar surface area (TPSA) is 152 Å². The second-order valence-corrected chi connectivity index (χ2v) is 13.4. The predicted octanol–water partition coefficient (Wildman–Crippen LogP) is 4.47. The van der Waals surface area contributed by atoms with Crippen LogP contribution in [0.25, 0.3) is 10.2 Å². The molecule has 0 aliphatic carbocycles. The van der Waals surface area contributed by atoms with Gasteiger partial charge < -0.3 is 19.7 Å². The van der Waals surface area contributed by atoms with Crippen LogP contribution < -0.4 is 21.5 Å². The van der Waals surface area contributed by atoms with Crippen LogP contribution in [0.3, 0.4) is 0 Å². The van der Waals surface area contributed by atoms with Crippen molar-refractivity contribution in [2.75, 3.05) is 11.9 Å². The molecular formula is C31H41N5O6S. The molecule has 1 unspecified atom stereocenters. The Balaban J connectivity index is 1.61. The van der Waals surface area contributed by atoms with Crippen molar-refractivity contribution < 1.29 is 24.2 Å². The number of benzene rings is 1. The predicted molar refractivity (Wildman–Crippen MR) is 166 cm³/mol. The van der Waals surface area contributed by atoms with Gasteiger partial charge in [-0.25, -0.2) is 9.78 Å². The first kappa shape index (κ1) is 32.3. The molecule has 1 aliphatic heterocycles. The molecule has 4 N–H and O–H groups in total. The number of aliphatic hydroxyl groups is 1. The van der Waals surface area contributed by atoms with Crippen LogP contribution in [0.4, 0.5) is 10.5 Å². The molecule has 2 amide bonds. The van der Waals surface area contributed by atoms with Crippen molar-refractivity contribution in [1.82, 2.24) is 20.2 Å². The molecule has 232 valence electrons. The number of ketones is 1. The standard InChI is InChI=1S/C31H41N5O6S/c1-18(2)17-23(36-16-8-10-22(29(36)40)35-30(41)42-31(3,4)5)27(39)33-21(13-12-19-14-15-32-26(19)38)25(37)28-34-20-9-6-7-11-24(20)43-28/h6-11,16,18-19,21,23,26,32,38H,12-15,17H2,1-5H3,(H,33,39)(H,35,41)/t19-,21+,23+,26?/m1/s1. The lowest BCUT2D eigenvalue weighted by Crippen LogP contribution is -2.46. The Bertz CT molecular complexity index is 1480. The molecule has 12 heteroatoms. The largest absolute Gasteiger partial charge is 0.444 e. The zero-order valence-electron chi connectivity index (χ0n) is 25.3. The summed E-state index contributed by atoms with van der Waals surface area (Å²) in [5.74, 6) is -0.823. The van der Waals surface area contributed by atoms with Crippen molar-refractivity contribution in [3.05, 3.63) is 58.0 Å². The van der Waals surface area contributed by atoms with E-state index in [0.29, 0.717) is 31.3 Å². The molecular weight excluding hydrogens is 570 g/mol. The Morgan fingerprint density at radius 1 is 1.19 bits per heavy atom. The number of ether oxygens (including phenoxy) is 1. The van der Waals surface area contributed by atoms with Crippen molar-refractivity contribution in [3.63, 3.8) is 0 Å². The van der Waals surface area contributed by atoms with Crippen LogP contribution in [0.15, 0.2) is 47.4 Å². The van der Waals surface area contributed by atoms with Crippen molar-refractivity contribution in [1.29, 1.82) is 0 Å². The van der Waals surface area contributed by atoms with Crippen LogP contribution in [0.2, 0.25) is 0 Å². The molecule has 3 aromatic rings. The molecule has 4 atom stereocenters. The Labute approximate surface area is 255 Å². The Kier molecular flexibility index (Phi) is 10.4. The summed E-state index contributed by atoms with van der Waals surface area (Å²) in [6.45, 7) is 9.71. The Morgan fingerprint density at radius 3 is 2.58 bits per heavy atom. The number of rotatable bonds is 11. The number of nitrogens with one attached hydrogen (secondary N) is 3. The van der Waals surface area contributed by atoms with E-state index in [0.717, 1.165) is 11.1 Å². The fourth-order valence-electron chi connectivity index (χ4n) is 5.15. The van der Waals surface area contributed by atoms with Crippen LogP contribution in [0, 0.1) is 11.8 Å². The summed E-state index contributed by atoms with van der Waals surface area (Å²) in [5.41, 5.74) is -0.644. The Hall–Kier alpha value is -3.61. The van der Waals surface area contributed by atoms with Crippen LogP contribution in [0.1, 0.15) is 76.1 Å². The van der Waals surface area contributed by atoms with Crippen molar-refractivity contribution >= 4 is 45.0 Å². The summed E-state index contributed by atoms with van der Waals surface area (Å²) in [7, 11) is 0. The summed E-state index contributed by atoms with van der Waals surface area (Å²) in [6.07, 6.45) is 1.95. The van der Waals surface area contributed by atoms with E-state index in [1.165, 1.54) is 28.2 Å². The molecule has 1 aliphatic rings. The number of para-hydroxylation sites is 1. The first-order valence-electron chi connectivity index (χ1n) is 14.6. The van der Waals surface area contributed by atoms with Gasteiger partial charge in [0.05, 0.1) is 16.3 Å². The highest BCUT2D eigenvalue weighted by molar-refractivity contribution is 7.20. The molecule has 1 fully saturated rings. The van der Waals surface area contributed by atoms with Gasteiger partial charge in [0.1, 0.15) is 23.6 Å². The number of aliphatic hydroxyl groups excluding tert-OH is 1. The maximum absolute atomic E-state index is 13.9. The lowest BCUT2D eigenvalue weighted by Gasteiger charge is -2.25. The lowest BCUT2D eigenvalue weighted by atomic mass is 9.95. The van der Waals surface area contributed by atoms with E-state index in [9.17, 15) is 24.3 Å². The lowest BCUT2D eigenvalue weighted by molar-refractivity contribution is -0.125. The van der Waals surface area contributed by atoms with E-state index in [1.807, 2.05) is 38.1 Å². The van der Waals surface area contributed by atoms with Gasteiger partial charge in [-0.05, 0) is 89.1 Å². The first-order chi connectivity index (χ1) is 20.3. The van der Waals surface area contributed by atoms with E-state index in [1.54, 1.807) is 26.8 Å². The summed E-state index contributed by atoms with van der Waals surface area (Å²) in [5, 5.41) is 19.0. The van der Waals surface area contributed by atoms with Gasteiger partial charge in [0.25, 0.3) is 5.56 Å². The third-order valence-corrected chi connectivity index (χ3v) is 8.27. The van der Waals surface area contributed by atoms with E-state index in [-0.39, 0.29) is 28.3 Å². The van der Waals surface area contributed by atoms with Crippen LogP contribution >= 0.6 is 11.3 Å². The minimum Gasteiger partial charge on any atom is -0.444 e. The van der Waals surface area contributed by atoms with Crippen LogP contribution in [-0.4, -0.2) is 56.9 Å². The number of hydrogen-bond donors (Lipinski definition) is 4. The van der Waals surface area contributed by atoms with Gasteiger partial charge in [0.15, 0.2) is 5.01 Å². The quantitative estimate of drug-likeness (QED) is 0.232. The maximum atomic E-state index is 13.9. The zero-order chi connectivity index (χ0) is 31.3. The minimum absolute atomic E-state index is 0.0249. The van der Waals surface area contributed by atoms with Gasteiger partial charge in [0, 0.05) is 6.20 Å². The van der Waals surface area contributed by atoms with Gasteiger partial charge in [-0.1, -0.05) is 26.0 Å². The van der Waals surface area contributed by atoms with Gasteiger partial charge >= 0.3 is 6.09 Å². The number of aromatic nitrogens is 2. The van der Waals surface area contributed by atoms with Gasteiger partial charge in [-0.15, -0.1) is 11.3 Å². The molecule has 1 saturated heterocycles. The number of amides is 2. The number of fused-ring (bicyclic) bond motifs is 1. The van der Waals surface area contributed by atoms with Crippen molar-refractivity contribution in [3.8, 4) is 0 Å². The molecule has 2 aromatic heterocycles. The summed E-state index contributed by atoms with van der Waals surface area (Å²) in [4.78, 5) is 58.1. The highest BCUT2D eigenvalue weighted by Gasteiger charge is 2.32. The van der Waals surface area contributed by atoms with Crippen LogP contribution in [-0.2, 0) is 9.53 Å². The maximum Gasteiger partial charge on any atom is 0.412 e. The molecule has 4 rings (SSSR count). The first-order valence-corrected chi connectivity index (χ1v) is 15.5. The summed E-state index contributed by atoms with van der Waals surface area (Å²) in [6, 6.07) is 8.63. The molecule has 43 heavy (non-hydrogen) atoms. The summed E-state index contributed by atoms with van der Waals surface area (Å²) >= 11 is 1.27. The number of hydrogen-bond acceptors (Lipinski definition) is 9. The molecule has 0 bridgehead atoms. The smallest absolute Gasteiger partial charge is 0.412 e. The minimum atomic E-state index is -0.947. The second kappa shape index (κ2) is 13.8. The molecule has 0 spiro atoms. The fourth-order valence-corrected chi connectivity index (χ4v) is 6.11. The average Bonchev–Trinajstić information content (AvgIpc) is 3.55. The number of thiazole rings is 1. The zero-order valence-corrected chi connectivity index (χ0v) is 26.1. The van der Waals surface area contributed by atoms with E-state index in [4.69, 9.17) is 4.74 Å². The third-order valence-electron chi connectivity index (χ3n) is 7.22. The number of nitrogens with zero attached hydrogens (tertiary/aromatic N) is 2. The number of anilines is 1. The average molecular weight is 612 g/mol. The van der Waals surface area contributed by atoms with E-state index in [2.05, 4.69) is 20.9 Å². The van der Waals surface area contributed by atoms with Crippen LogP contribution in [0.5, 0.6) is 0 Å². The van der Waals surface area contributed by atoms with E-state index < -0.39 is 41.5 Å². The SMILES string of the molecule is CC(C)C[C@@H](C(=O)N[C@@H](CC[C@@H]1CCNC1O)C(=O)c1nc2ccccc2s1)n1cccc(NC(=O)OC(C)(C)C)c1=O. The van der Waals surface area contributed by atoms with Gasteiger partial charge in [-0.3, -0.25) is 25.0 Å².